The van der Waals surface area contributed by atoms with Crippen LogP contribution in [0.4, 0.5) is 4.39 Å². The monoisotopic (exact) mass is 312 g/mol. The number of benzene rings is 1. The minimum absolute atomic E-state index is 0.0711. The fourth-order valence-corrected chi connectivity index (χ4v) is 3.14. The van der Waals surface area contributed by atoms with E-state index in [1.807, 2.05) is 0 Å². The van der Waals surface area contributed by atoms with Gasteiger partial charge in [-0.15, -0.1) is 0 Å². The lowest BCUT2D eigenvalue weighted by Gasteiger charge is -2.27. The van der Waals surface area contributed by atoms with Crippen LogP contribution in [0.5, 0.6) is 0 Å². The van der Waals surface area contributed by atoms with Gasteiger partial charge in [0.15, 0.2) is 0 Å². The first-order valence-electron chi connectivity index (χ1n) is 6.56. The van der Waals surface area contributed by atoms with Gasteiger partial charge in [0.25, 0.3) is 0 Å². The van der Waals surface area contributed by atoms with E-state index >= 15 is 0 Å². The molecule has 0 saturated heterocycles. The summed E-state index contributed by atoms with van der Waals surface area (Å²) in [4.78, 5) is 11.9. The molecule has 0 radical (unpaired) electrons. The van der Waals surface area contributed by atoms with E-state index in [0.29, 0.717) is 24.5 Å². The molecule has 0 N–H and O–H groups in total. The average molecular weight is 313 g/mol. The molecule has 1 aliphatic carbocycles. The second-order valence-electron chi connectivity index (χ2n) is 5.15. The quantitative estimate of drug-likeness (QED) is 0.801. The normalized spacial score (nSPS) is 24.3. The Morgan fingerprint density at radius 3 is 2.94 bits per heavy atom. The maximum absolute atomic E-state index is 13.2. The fourth-order valence-electron chi connectivity index (χ4n) is 2.74. The van der Waals surface area contributed by atoms with E-state index in [2.05, 4.69) is 22.9 Å². The molecule has 0 aromatic heterocycles. The summed E-state index contributed by atoms with van der Waals surface area (Å²) in [5.74, 6) is 0.834. The summed E-state index contributed by atoms with van der Waals surface area (Å²) < 4.78 is 14.1. The number of halogens is 2. The summed E-state index contributed by atoms with van der Waals surface area (Å²) in [5.41, 5.74) is 0.908. The van der Waals surface area contributed by atoms with E-state index < -0.39 is 0 Å². The first kappa shape index (κ1) is 13.7. The Bertz CT molecular complexity index is 444. The summed E-state index contributed by atoms with van der Waals surface area (Å²) in [6.45, 7) is 2.18. The van der Waals surface area contributed by atoms with Crippen LogP contribution in [0.15, 0.2) is 22.7 Å². The largest absolute Gasteiger partial charge is 0.299 e. The van der Waals surface area contributed by atoms with Gasteiger partial charge in [-0.25, -0.2) is 4.39 Å². The van der Waals surface area contributed by atoms with Gasteiger partial charge in [0, 0.05) is 16.8 Å². The Balaban J connectivity index is 2.11. The maximum atomic E-state index is 13.2. The molecule has 1 aromatic rings. The van der Waals surface area contributed by atoms with Crippen LogP contribution in [-0.4, -0.2) is 5.78 Å². The molecule has 2 rings (SSSR count). The van der Waals surface area contributed by atoms with Crippen molar-refractivity contribution in [1.82, 2.24) is 0 Å². The topological polar surface area (TPSA) is 17.1 Å². The highest BCUT2D eigenvalue weighted by Gasteiger charge is 2.28. The zero-order chi connectivity index (χ0) is 13.1. The Kier molecular flexibility index (Phi) is 4.55. The average Bonchev–Trinajstić information content (AvgIpc) is 2.36. The van der Waals surface area contributed by atoms with Crippen LogP contribution in [0, 0.1) is 17.7 Å². The van der Waals surface area contributed by atoms with Gasteiger partial charge in [0.2, 0.25) is 0 Å². The number of carbonyl (C=O) groups is 1. The third kappa shape index (κ3) is 3.19. The molecule has 1 saturated carbocycles. The lowest BCUT2D eigenvalue weighted by molar-refractivity contribution is -0.125. The van der Waals surface area contributed by atoms with E-state index in [9.17, 15) is 9.18 Å². The van der Waals surface area contributed by atoms with Crippen molar-refractivity contribution in [3.05, 3.63) is 34.1 Å². The van der Waals surface area contributed by atoms with E-state index in [4.69, 9.17) is 0 Å². The van der Waals surface area contributed by atoms with E-state index in [1.165, 1.54) is 12.1 Å². The summed E-state index contributed by atoms with van der Waals surface area (Å²) >= 11 is 3.43. The SMILES string of the molecule is CCC1CCC(=O)C(Cc2cc(F)ccc2Br)C1. The third-order valence-corrected chi connectivity index (χ3v) is 4.70. The molecular formula is C15H18BrFO. The summed E-state index contributed by atoms with van der Waals surface area (Å²) in [6, 6.07) is 4.69. The number of carbonyl (C=O) groups excluding carboxylic acids is 1. The second-order valence-corrected chi connectivity index (χ2v) is 6.01. The van der Waals surface area contributed by atoms with Crippen LogP contribution in [0.3, 0.4) is 0 Å². The first-order chi connectivity index (χ1) is 8.60. The van der Waals surface area contributed by atoms with Gasteiger partial charge in [-0.1, -0.05) is 29.3 Å². The molecule has 3 heteroatoms. The lowest BCUT2D eigenvalue weighted by atomic mass is 9.77. The Hall–Kier alpha value is -0.700. The van der Waals surface area contributed by atoms with E-state index in [1.54, 1.807) is 6.07 Å². The van der Waals surface area contributed by atoms with Crippen LogP contribution in [0.25, 0.3) is 0 Å². The van der Waals surface area contributed by atoms with Gasteiger partial charge in [-0.2, -0.15) is 0 Å². The van der Waals surface area contributed by atoms with Gasteiger partial charge in [0.1, 0.15) is 11.6 Å². The predicted octanol–water partition coefficient (Wildman–Crippen LogP) is 4.53. The first-order valence-corrected chi connectivity index (χ1v) is 7.36. The summed E-state index contributed by atoms with van der Waals surface area (Å²) in [5, 5.41) is 0. The smallest absolute Gasteiger partial charge is 0.136 e. The van der Waals surface area contributed by atoms with Crippen molar-refractivity contribution >= 4 is 21.7 Å². The fraction of sp³-hybridized carbons (Fsp3) is 0.533. The van der Waals surface area contributed by atoms with Gasteiger partial charge in [0.05, 0.1) is 0 Å². The molecule has 1 aliphatic rings. The van der Waals surface area contributed by atoms with Crippen molar-refractivity contribution in [2.24, 2.45) is 11.8 Å². The Morgan fingerprint density at radius 1 is 1.44 bits per heavy atom. The molecule has 0 bridgehead atoms. The molecule has 2 atom stereocenters. The van der Waals surface area contributed by atoms with Crippen LogP contribution in [-0.2, 0) is 11.2 Å². The molecule has 1 nitrogen and oxygen atoms in total. The highest BCUT2D eigenvalue weighted by Crippen LogP contribution is 2.32. The van der Waals surface area contributed by atoms with Gasteiger partial charge >= 0.3 is 0 Å². The third-order valence-electron chi connectivity index (χ3n) is 3.92. The van der Waals surface area contributed by atoms with E-state index in [0.717, 1.165) is 29.3 Å². The molecule has 2 unspecified atom stereocenters. The van der Waals surface area contributed by atoms with Crippen molar-refractivity contribution in [2.75, 3.05) is 0 Å². The molecular weight excluding hydrogens is 295 g/mol. The number of hydrogen-bond acceptors (Lipinski definition) is 1. The molecule has 98 valence electrons. The van der Waals surface area contributed by atoms with Crippen molar-refractivity contribution in [2.45, 2.75) is 39.0 Å². The number of Topliss-reactive ketones (excluding diaryl/α,β-unsaturated/α-hetero) is 1. The van der Waals surface area contributed by atoms with E-state index in [-0.39, 0.29) is 11.7 Å². The highest BCUT2D eigenvalue weighted by atomic mass is 79.9. The van der Waals surface area contributed by atoms with Crippen LogP contribution in [0.2, 0.25) is 0 Å². The zero-order valence-electron chi connectivity index (χ0n) is 10.6. The zero-order valence-corrected chi connectivity index (χ0v) is 12.2. The molecule has 1 fully saturated rings. The highest BCUT2D eigenvalue weighted by molar-refractivity contribution is 9.10. The molecule has 1 aromatic carbocycles. The summed E-state index contributed by atoms with van der Waals surface area (Å²) in [6.07, 6.45) is 4.46. The number of ketones is 1. The molecule has 18 heavy (non-hydrogen) atoms. The van der Waals surface area contributed by atoms with Crippen LogP contribution in [0.1, 0.15) is 38.2 Å². The number of hydrogen-bond donors (Lipinski definition) is 0. The standard InChI is InChI=1S/C15H18BrFO/c1-2-10-3-6-15(18)12(7-10)8-11-9-13(17)4-5-14(11)16/h4-5,9-10,12H,2-3,6-8H2,1H3. The van der Waals surface area contributed by atoms with Gasteiger partial charge in [-0.3, -0.25) is 4.79 Å². The van der Waals surface area contributed by atoms with Crippen LogP contribution >= 0.6 is 15.9 Å². The van der Waals surface area contributed by atoms with Crippen molar-refractivity contribution in [1.29, 1.82) is 0 Å². The minimum Gasteiger partial charge on any atom is -0.299 e. The molecule has 0 aliphatic heterocycles. The minimum atomic E-state index is -0.233. The Morgan fingerprint density at radius 2 is 2.22 bits per heavy atom. The van der Waals surface area contributed by atoms with Gasteiger partial charge in [-0.05, 0) is 48.9 Å². The lowest BCUT2D eigenvalue weighted by Crippen LogP contribution is -2.26. The van der Waals surface area contributed by atoms with Crippen molar-refractivity contribution in [3.8, 4) is 0 Å². The summed E-state index contributed by atoms with van der Waals surface area (Å²) in [7, 11) is 0. The number of rotatable bonds is 3. The Labute approximate surface area is 116 Å². The molecule has 0 heterocycles. The van der Waals surface area contributed by atoms with Gasteiger partial charge < -0.3 is 0 Å². The molecule has 0 spiro atoms. The van der Waals surface area contributed by atoms with Crippen molar-refractivity contribution in [3.63, 3.8) is 0 Å². The second kappa shape index (κ2) is 5.96. The maximum Gasteiger partial charge on any atom is 0.136 e. The molecule has 0 amide bonds. The van der Waals surface area contributed by atoms with Crippen molar-refractivity contribution < 1.29 is 9.18 Å². The van der Waals surface area contributed by atoms with Crippen LogP contribution < -0.4 is 0 Å². The predicted molar refractivity (Wildman–Crippen MR) is 73.9 cm³/mol.